The summed E-state index contributed by atoms with van der Waals surface area (Å²) in [4.78, 5) is 37.4. The molecular weight excluding hydrogens is 717 g/mol. The van der Waals surface area contributed by atoms with Crippen LogP contribution in [0.5, 0.6) is 0 Å². The van der Waals surface area contributed by atoms with Crippen molar-refractivity contribution in [2.75, 3.05) is 47.5 Å². The van der Waals surface area contributed by atoms with Crippen LogP contribution in [0.25, 0.3) is 0 Å². The first-order valence-corrected chi connectivity index (χ1v) is 22.5. The van der Waals surface area contributed by atoms with Crippen molar-refractivity contribution < 1.29 is 47.2 Å². The summed E-state index contributed by atoms with van der Waals surface area (Å²) in [6.45, 7) is 3.65. The van der Waals surface area contributed by atoms with Gasteiger partial charge in [0.2, 0.25) is 0 Å². The molecule has 0 aliphatic rings. The van der Waals surface area contributed by atoms with Crippen molar-refractivity contribution in [1.29, 1.82) is 0 Å². The van der Waals surface area contributed by atoms with Crippen molar-refractivity contribution in [3.05, 3.63) is 60.8 Å². The summed E-state index contributed by atoms with van der Waals surface area (Å²) in [5.41, 5.74) is 0. The van der Waals surface area contributed by atoms with Crippen molar-refractivity contribution in [1.82, 2.24) is 0 Å². The zero-order valence-electron chi connectivity index (χ0n) is 35.2. The molecule has 0 radical (unpaired) electrons. The highest BCUT2D eigenvalue weighted by Crippen LogP contribution is 2.38. The number of nitrogens with zero attached hydrogens (tertiary/aromatic N) is 1. The quantitative estimate of drug-likeness (QED) is 0.0215. The summed E-state index contributed by atoms with van der Waals surface area (Å²) >= 11 is 0. The highest BCUT2D eigenvalue weighted by molar-refractivity contribution is 7.45. The molecule has 0 spiro atoms. The molecule has 318 valence electrons. The Hall–Kier alpha value is -2.33. The largest absolute Gasteiger partial charge is 0.756 e. The smallest absolute Gasteiger partial charge is 0.306 e. The topological polar surface area (TPSA) is 131 Å². The predicted octanol–water partition coefficient (Wildman–Crippen LogP) is 10.0. The second-order valence-corrected chi connectivity index (χ2v) is 16.7. The van der Waals surface area contributed by atoms with Crippen LogP contribution in [0.2, 0.25) is 0 Å². The van der Waals surface area contributed by atoms with Crippen LogP contribution in [0.15, 0.2) is 60.8 Å². The Morgan fingerprint density at radius 2 is 1.15 bits per heavy atom. The lowest BCUT2D eigenvalue weighted by Gasteiger charge is -2.28. The van der Waals surface area contributed by atoms with E-state index in [4.69, 9.17) is 18.5 Å². The van der Waals surface area contributed by atoms with Crippen LogP contribution in [-0.4, -0.2) is 81.2 Å². The van der Waals surface area contributed by atoms with Crippen molar-refractivity contribution in [3.63, 3.8) is 0 Å². The summed E-state index contributed by atoms with van der Waals surface area (Å²) in [5.74, 6) is -0.933. The minimum atomic E-state index is -4.65. The zero-order valence-corrected chi connectivity index (χ0v) is 36.1. The average molecular weight is 796 g/mol. The third-order valence-corrected chi connectivity index (χ3v) is 9.49. The van der Waals surface area contributed by atoms with E-state index < -0.39 is 32.5 Å². The Bertz CT molecular complexity index is 1140. The molecule has 0 rings (SSSR count). The second kappa shape index (κ2) is 36.0. The molecule has 0 heterocycles. The third-order valence-electron chi connectivity index (χ3n) is 8.53. The molecule has 0 amide bonds. The number of carbonyl (C=O) groups excluding carboxylic acids is 2. The fourth-order valence-corrected chi connectivity index (χ4v) is 5.92. The van der Waals surface area contributed by atoms with Crippen LogP contribution in [0.1, 0.15) is 149 Å². The van der Waals surface area contributed by atoms with Gasteiger partial charge in [-0.1, -0.05) is 106 Å². The van der Waals surface area contributed by atoms with Crippen molar-refractivity contribution in [2.45, 2.75) is 161 Å². The first-order chi connectivity index (χ1) is 26.3. The molecular formula is C44H78NO9P. The number of quaternary nitrogens is 1. The Morgan fingerprint density at radius 3 is 1.73 bits per heavy atom. The van der Waals surface area contributed by atoms with E-state index in [9.17, 15) is 24.2 Å². The molecule has 0 fully saturated rings. The first-order valence-electron chi connectivity index (χ1n) is 21.0. The Balaban J connectivity index is 4.51. The SMILES string of the molecule is CCCCCC/C=C\CCCCCCCC(=O)OC[C@H](COP(=O)([O-])OCC[N+](C)(C)C)OC(=O)CCC/C=C\C/C=C\C/C=C\C/C=C\CCC[C@H](C)O. The number of unbranched alkanes of at least 4 members (excludes halogenated alkanes) is 11. The maximum absolute atomic E-state index is 12.6. The highest BCUT2D eigenvalue weighted by atomic mass is 31.2. The van der Waals surface area contributed by atoms with Crippen LogP contribution in [0.3, 0.4) is 0 Å². The molecule has 0 aromatic carbocycles. The molecule has 0 saturated carbocycles. The van der Waals surface area contributed by atoms with E-state index in [1.165, 1.54) is 32.1 Å². The van der Waals surface area contributed by atoms with Crippen molar-refractivity contribution in [2.24, 2.45) is 0 Å². The summed E-state index contributed by atoms with van der Waals surface area (Å²) in [6, 6.07) is 0. The number of hydrogen-bond donors (Lipinski definition) is 1. The van der Waals surface area contributed by atoms with E-state index >= 15 is 0 Å². The maximum atomic E-state index is 12.6. The number of esters is 2. The number of hydrogen-bond acceptors (Lipinski definition) is 9. The van der Waals surface area contributed by atoms with Gasteiger partial charge >= 0.3 is 11.9 Å². The van der Waals surface area contributed by atoms with Crippen molar-refractivity contribution >= 4 is 19.8 Å². The lowest BCUT2D eigenvalue weighted by molar-refractivity contribution is -0.870. The fraction of sp³-hybridized carbons (Fsp3) is 0.727. The minimum absolute atomic E-state index is 0.0505. The number of phosphoric acid groups is 1. The molecule has 55 heavy (non-hydrogen) atoms. The lowest BCUT2D eigenvalue weighted by Crippen LogP contribution is -2.37. The molecule has 0 aromatic rings. The lowest BCUT2D eigenvalue weighted by atomic mass is 10.1. The van der Waals surface area contributed by atoms with Gasteiger partial charge in [0.25, 0.3) is 7.82 Å². The first kappa shape index (κ1) is 52.7. The third kappa shape index (κ3) is 41.1. The highest BCUT2D eigenvalue weighted by Gasteiger charge is 2.21. The molecule has 0 saturated heterocycles. The molecule has 1 unspecified atom stereocenters. The van der Waals surface area contributed by atoms with Gasteiger partial charge in [0.1, 0.15) is 19.8 Å². The van der Waals surface area contributed by atoms with Crippen LogP contribution in [-0.2, 0) is 32.7 Å². The Kier molecular flexibility index (Phi) is 34.5. The van der Waals surface area contributed by atoms with Crippen LogP contribution in [0, 0.1) is 0 Å². The van der Waals surface area contributed by atoms with E-state index in [0.29, 0.717) is 30.3 Å². The molecule has 0 aromatic heterocycles. The molecule has 3 atom stereocenters. The van der Waals surface area contributed by atoms with Gasteiger partial charge in [0.15, 0.2) is 6.10 Å². The molecule has 0 bridgehead atoms. The summed E-state index contributed by atoms with van der Waals surface area (Å²) in [6.07, 6.45) is 39.6. The fourth-order valence-electron chi connectivity index (χ4n) is 5.19. The van der Waals surface area contributed by atoms with Gasteiger partial charge < -0.3 is 33.0 Å². The Labute approximate surface area is 335 Å². The number of allylic oxidation sites excluding steroid dienone is 10. The number of likely N-dealkylation sites (N-methyl/N-ethyl adjacent to an activating group) is 1. The van der Waals surface area contributed by atoms with E-state index in [2.05, 4.69) is 61.6 Å². The van der Waals surface area contributed by atoms with E-state index in [1.54, 1.807) is 0 Å². The predicted molar refractivity (Wildman–Crippen MR) is 223 cm³/mol. The van der Waals surface area contributed by atoms with Crippen molar-refractivity contribution in [3.8, 4) is 0 Å². The number of carbonyl (C=O) groups is 2. The number of aliphatic hydroxyl groups is 1. The number of aliphatic hydroxyl groups excluding tert-OH is 1. The number of rotatable bonds is 37. The molecule has 10 nitrogen and oxygen atoms in total. The van der Waals surface area contributed by atoms with Gasteiger partial charge in [-0.25, -0.2) is 0 Å². The molecule has 1 N–H and O–H groups in total. The number of ether oxygens (including phenoxy) is 2. The van der Waals surface area contributed by atoms with Gasteiger partial charge in [-0.2, -0.15) is 0 Å². The van der Waals surface area contributed by atoms with Gasteiger partial charge in [-0.3, -0.25) is 14.2 Å². The molecule has 0 aliphatic carbocycles. The normalized spacial score (nSPS) is 14.8. The van der Waals surface area contributed by atoms with Gasteiger partial charge in [-0.05, 0) is 90.4 Å². The van der Waals surface area contributed by atoms with E-state index in [0.717, 1.165) is 70.6 Å². The van der Waals surface area contributed by atoms with Gasteiger partial charge in [-0.15, -0.1) is 0 Å². The van der Waals surface area contributed by atoms with Crippen LogP contribution < -0.4 is 4.89 Å². The zero-order chi connectivity index (χ0) is 40.9. The Morgan fingerprint density at radius 1 is 0.655 bits per heavy atom. The molecule has 0 aliphatic heterocycles. The van der Waals surface area contributed by atoms with Crippen LogP contribution in [0.4, 0.5) is 0 Å². The second-order valence-electron chi connectivity index (χ2n) is 15.3. The van der Waals surface area contributed by atoms with Gasteiger partial charge in [0, 0.05) is 12.8 Å². The summed E-state index contributed by atoms with van der Waals surface area (Å²) in [7, 11) is 1.10. The summed E-state index contributed by atoms with van der Waals surface area (Å²) in [5, 5.41) is 9.27. The molecule has 11 heteroatoms. The summed E-state index contributed by atoms with van der Waals surface area (Å²) < 4.78 is 33.7. The van der Waals surface area contributed by atoms with Crippen LogP contribution >= 0.6 is 7.82 Å². The maximum Gasteiger partial charge on any atom is 0.306 e. The average Bonchev–Trinajstić information content (AvgIpc) is 3.11. The van der Waals surface area contributed by atoms with E-state index in [-0.39, 0.29) is 32.2 Å². The minimum Gasteiger partial charge on any atom is -0.756 e. The standard InChI is InChI=1S/C44H78NO9P/c1-6-7-8-9-10-11-12-16-20-23-26-29-32-35-43(47)51-39-42(40-53-55(49,50)52-38-37-45(3,4)5)54-44(48)36-33-30-27-24-21-18-15-13-14-17-19-22-25-28-31-34-41(2)46/h11-12,14-15,17-18,22,24-25,27,41-42,46H,6-10,13,16,19-21,23,26,28-40H2,1-5H3/b12-11-,17-14-,18-15-,25-22-,27-24-/t41-,42+/m0/s1. The van der Waals surface area contributed by atoms with E-state index in [1.807, 2.05) is 34.1 Å². The number of phosphoric ester groups is 1. The van der Waals surface area contributed by atoms with Gasteiger partial charge in [0.05, 0.1) is 33.9 Å². The monoisotopic (exact) mass is 796 g/mol.